The average Bonchev–Trinajstić information content (AvgIpc) is 2.04. The van der Waals surface area contributed by atoms with Gasteiger partial charge in [0.05, 0.1) is 0 Å². The summed E-state index contributed by atoms with van der Waals surface area (Å²) >= 11 is 5.84. The van der Waals surface area contributed by atoms with Gasteiger partial charge in [-0.1, -0.05) is 31.0 Å². The number of benzene rings is 1. The Balaban J connectivity index is 0.00000169. The third-order valence-corrected chi connectivity index (χ3v) is 2.30. The monoisotopic (exact) mass is 237 g/mol. The third-order valence-electron chi connectivity index (χ3n) is 1.97. The molecule has 0 aliphatic heterocycles. The molecule has 0 aliphatic carbocycles. The first-order valence-electron chi connectivity index (χ1n) is 4.36. The Morgan fingerprint density at radius 1 is 1.50 bits per heavy atom. The second-order valence-electron chi connectivity index (χ2n) is 3.03. The Bertz CT molecular complexity index is 271. The van der Waals surface area contributed by atoms with Crippen LogP contribution in [0, 0.1) is 5.82 Å². The molecule has 4 heteroatoms. The van der Waals surface area contributed by atoms with Crippen LogP contribution in [-0.2, 0) is 0 Å². The minimum atomic E-state index is -0.312. The lowest BCUT2D eigenvalue weighted by Crippen LogP contribution is -2.12. The normalized spacial score (nSPS) is 12.0. The average molecular weight is 238 g/mol. The maximum absolute atomic E-state index is 13.3. The van der Waals surface area contributed by atoms with E-state index in [0.717, 1.165) is 12.8 Å². The van der Waals surface area contributed by atoms with E-state index in [2.05, 4.69) is 0 Å². The summed E-state index contributed by atoms with van der Waals surface area (Å²) in [6.07, 6.45) is 1.67. The summed E-state index contributed by atoms with van der Waals surface area (Å²) in [4.78, 5) is 0. The lowest BCUT2D eigenvalue weighted by Gasteiger charge is -2.13. The highest BCUT2D eigenvalue weighted by Gasteiger charge is 2.13. The van der Waals surface area contributed by atoms with Gasteiger partial charge in [0.1, 0.15) is 5.82 Å². The van der Waals surface area contributed by atoms with Crippen LogP contribution in [0.15, 0.2) is 18.2 Å². The minimum absolute atomic E-state index is 0. The third kappa shape index (κ3) is 3.12. The van der Waals surface area contributed by atoms with Crippen molar-refractivity contribution in [3.63, 3.8) is 0 Å². The second kappa shape index (κ2) is 6.23. The summed E-state index contributed by atoms with van der Waals surface area (Å²) in [7, 11) is 0. The van der Waals surface area contributed by atoms with Crippen LogP contribution in [-0.4, -0.2) is 0 Å². The van der Waals surface area contributed by atoms with E-state index < -0.39 is 0 Å². The van der Waals surface area contributed by atoms with Gasteiger partial charge in [0.25, 0.3) is 0 Å². The summed E-state index contributed by atoms with van der Waals surface area (Å²) in [6.45, 7) is 2.01. The van der Waals surface area contributed by atoms with E-state index in [9.17, 15) is 4.39 Å². The lowest BCUT2D eigenvalue weighted by atomic mass is 10.0. The first kappa shape index (κ1) is 13.7. The topological polar surface area (TPSA) is 26.0 Å². The van der Waals surface area contributed by atoms with Crippen molar-refractivity contribution in [1.29, 1.82) is 0 Å². The fourth-order valence-electron chi connectivity index (χ4n) is 1.32. The number of rotatable bonds is 3. The van der Waals surface area contributed by atoms with Gasteiger partial charge in [-0.2, -0.15) is 0 Å². The van der Waals surface area contributed by atoms with Gasteiger partial charge in [-0.15, -0.1) is 12.4 Å². The summed E-state index contributed by atoms with van der Waals surface area (Å²) < 4.78 is 13.3. The van der Waals surface area contributed by atoms with Crippen molar-refractivity contribution < 1.29 is 4.39 Å². The van der Waals surface area contributed by atoms with Crippen molar-refractivity contribution in [2.24, 2.45) is 5.73 Å². The van der Waals surface area contributed by atoms with E-state index in [1.165, 1.54) is 6.07 Å². The fraction of sp³-hybridized carbons (Fsp3) is 0.400. The van der Waals surface area contributed by atoms with Gasteiger partial charge in [-0.05, 0) is 18.6 Å². The van der Waals surface area contributed by atoms with Gasteiger partial charge >= 0.3 is 0 Å². The summed E-state index contributed by atoms with van der Waals surface area (Å²) in [6, 6.07) is 4.34. The lowest BCUT2D eigenvalue weighted by molar-refractivity contribution is 0.560. The molecule has 0 saturated carbocycles. The molecule has 0 unspecified atom stereocenters. The molecule has 14 heavy (non-hydrogen) atoms. The molecule has 0 spiro atoms. The fourth-order valence-corrected chi connectivity index (χ4v) is 1.62. The maximum atomic E-state index is 13.3. The van der Waals surface area contributed by atoms with Crippen LogP contribution in [0.4, 0.5) is 4.39 Å². The largest absolute Gasteiger partial charge is 0.324 e. The Labute approximate surface area is 94.9 Å². The van der Waals surface area contributed by atoms with Gasteiger partial charge in [0.15, 0.2) is 0 Å². The molecule has 1 rings (SSSR count). The Kier molecular flexibility index (Phi) is 6.09. The van der Waals surface area contributed by atoms with Crippen LogP contribution in [0.1, 0.15) is 31.4 Å². The number of hydrogen-bond donors (Lipinski definition) is 1. The zero-order chi connectivity index (χ0) is 9.84. The first-order chi connectivity index (χ1) is 6.16. The Morgan fingerprint density at radius 2 is 2.14 bits per heavy atom. The van der Waals surface area contributed by atoms with E-state index in [1.54, 1.807) is 12.1 Å². The number of halogens is 3. The zero-order valence-corrected chi connectivity index (χ0v) is 9.54. The van der Waals surface area contributed by atoms with Crippen molar-refractivity contribution in [1.82, 2.24) is 0 Å². The van der Waals surface area contributed by atoms with E-state index in [4.69, 9.17) is 17.3 Å². The maximum Gasteiger partial charge on any atom is 0.129 e. The van der Waals surface area contributed by atoms with Crippen LogP contribution in [0.25, 0.3) is 0 Å². The predicted octanol–water partition coefficient (Wildman–Crippen LogP) is 3.70. The van der Waals surface area contributed by atoms with Gasteiger partial charge in [0, 0.05) is 16.6 Å². The predicted molar refractivity (Wildman–Crippen MR) is 60.5 cm³/mol. The zero-order valence-electron chi connectivity index (χ0n) is 7.97. The molecule has 1 aromatic rings. The van der Waals surface area contributed by atoms with Crippen LogP contribution < -0.4 is 5.73 Å². The van der Waals surface area contributed by atoms with E-state index in [-0.39, 0.29) is 24.3 Å². The van der Waals surface area contributed by atoms with E-state index >= 15 is 0 Å². The van der Waals surface area contributed by atoms with Crippen molar-refractivity contribution in [3.8, 4) is 0 Å². The molecule has 0 aliphatic rings. The number of nitrogens with two attached hydrogens (primary N) is 1. The molecule has 0 saturated heterocycles. The van der Waals surface area contributed by atoms with E-state index in [0.29, 0.717) is 10.6 Å². The molecule has 80 valence electrons. The molecular weight excluding hydrogens is 224 g/mol. The summed E-state index contributed by atoms with van der Waals surface area (Å²) in [5.41, 5.74) is 6.22. The SMILES string of the molecule is CCC[C@@H](N)c1c(F)cccc1Cl.Cl. The molecule has 0 amide bonds. The van der Waals surface area contributed by atoms with Crippen LogP contribution in [0.5, 0.6) is 0 Å². The molecule has 0 fully saturated rings. The van der Waals surface area contributed by atoms with Crippen molar-refractivity contribution in [2.75, 3.05) is 0 Å². The first-order valence-corrected chi connectivity index (χ1v) is 4.74. The highest BCUT2D eigenvalue weighted by molar-refractivity contribution is 6.31. The quantitative estimate of drug-likeness (QED) is 0.853. The minimum Gasteiger partial charge on any atom is -0.324 e. The van der Waals surface area contributed by atoms with Crippen molar-refractivity contribution in [3.05, 3.63) is 34.6 Å². The standard InChI is InChI=1S/C10H13ClFN.ClH/c1-2-4-9(13)10-7(11)5-3-6-8(10)12;/h3,5-6,9H,2,4,13H2,1H3;1H/t9-;/m1./s1. The van der Waals surface area contributed by atoms with Crippen molar-refractivity contribution in [2.45, 2.75) is 25.8 Å². The van der Waals surface area contributed by atoms with Gasteiger partial charge in [0.2, 0.25) is 0 Å². The number of hydrogen-bond acceptors (Lipinski definition) is 1. The molecule has 1 nitrogen and oxygen atoms in total. The van der Waals surface area contributed by atoms with Crippen LogP contribution in [0.3, 0.4) is 0 Å². The highest BCUT2D eigenvalue weighted by Crippen LogP contribution is 2.26. The summed E-state index contributed by atoms with van der Waals surface area (Å²) in [5.74, 6) is -0.312. The van der Waals surface area contributed by atoms with Gasteiger partial charge in [-0.3, -0.25) is 0 Å². The molecular formula is C10H14Cl2FN. The molecule has 1 aromatic carbocycles. The van der Waals surface area contributed by atoms with Crippen LogP contribution in [0.2, 0.25) is 5.02 Å². The Morgan fingerprint density at radius 3 is 2.64 bits per heavy atom. The Hall–Kier alpha value is -0.310. The van der Waals surface area contributed by atoms with Gasteiger partial charge < -0.3 is 5.73 Å². The molecule has 0 radical (unpaired) electrons. The van der Waals surface area contributed by atoms with E-state index in [1.807, 2.05) is 6.92 Å². The smallest absolute Gasteiger partial charge is 0.129 e. The second-order valence-corrected chi connectivity index (χ2v) is 3.44. The molecule has 1 atom stereocenters. The highest BCUT2D eigenvalue weighted by atomic mass is 35.5. The molecule has 0 bridgehead atoms. The van der Waals surface area contributed by atoms with Gasteiger partial charge in [-0.25, -0.2) is 4.39 Å². The molecule has 0 heterocycles. The molecule has 2 N–H and O–H groups in total. The summed E-state index contributed by atoms with van der Waals surface area (Å²) in [5, 5.41) is 0.418. The van der Waals surface area contributed by atoms with Crippen molar-refractivity contribution >= 4 is 24.0 Å². The molecule has 0 aromatic heterocycles. The van der Waals surface area contributed by atoms with Crippen LogP contribution >= 0.6 is 24.0 Å².